The summed E-state index contributed by atoms with van der Waals surface area (Å²) in [5, 5.41) is 4.09. The molecule has 2 fully saturated rings. The fourth-order valence-corrected chi connectivity index (χ4v) is 5.60. The van der Waals surface area contributed by atoms with Gasteiger partial charge in [0.05, 0.1) is 0 Å². The molecule has 1 spiro atoms. The van der Waals surface area contributed by atoms with E-state index in [9.17, 15) is 4.79 Å². The Morgan fingerprint density at radius 3 is 2.73 bits per heavy atom. The molecular weight excluding hydrogens is 414 g/mol. The zero-order chi connectivity index (χ0) is 22.5. The van der Waals surface area contributed by atoms with Crippen LogP contribution in [0.3, 0.4) is 0 Å². The second-order valence-electron chi connectivity index (χ2n) is 10.3. The van der Waals surface area contributed by atoms with E-state index in [-0.39, 0.29) is 12.5 Å². The van der Waals surface area contributed by atoms with Crippen molar-refractivity contribution in [1.82, 2.24) is 24.6 Å². The highest BCUT2D eigenvalue weighted by Crippen LogP contribution is 2.39. The Bertz CT molecular complexity index is 903. The van der Waals surface area contributed by atoms with Crippen molar-refractivity contribution in [3.8, 4) is 5.75 Å². The Morgan fingerprint density at radius 2 is 1.94 bits per heavy atom. The van der Waals surface area contributed by atoms with Gasteiger partial charge in [-0.3, -0.25) is 9.69 Å². The molecule has 1 aliphatic carbocycles. The number of likely N-dealkylation sites (tertiary alicyclic amines) is 1. The summed E-state index contributed by atoms with van der Waals surface area (Å²) < 4.78 is 7.88. The standard InChI is InChI=1S/C26H37N5O2/c32-25(18-31-21-27-20-28-31)30-13-11-26(12-14-30)10-4-3-6-23-5-1-2-7-24(23)33-16-15-29(19-26)17-22-8-9-22/h1-2,5,7,20-22H,3-4,6,8-19H2. The molecule has 7 heteroatoms. The first-order valence-electron chi connectivity index (χ1n) is 12.7. The summed E-state index contributed by atoms with van der Waals surface area (Å²) in [5.74, 6) is 2.09. The van der Waals surface area contributed by atoms with E-state index in [2.05, 4.69) is 39.2 Å². The van der Waals surface area contributed by atoms with Crippen molar-refractivity contribution in [3.05, 3.63) is 42.5 Å². The van der Waals surface area contributed by atoms with Crippen LogP contribution in [0.25, 0.3) is 0 Å². The quantitative estimate of drug-likeness (QED) is 0.713. The number of benzene rings is 1. The number of hydrogen-bond acceptors (Lipinski definition) is 5. The molecule has 1 saturated carbocycles. The van der Waals surface area contributed by atoms with E-state index in [1.807, 2.05) is 4.90 Å². The molecule has 0 atom stereocenters. The van der Waals surface area contributed by atoms with Crippen LogP contribution < -0.4 is 4.74 Å². The van der Waals surface area contributed by atoms with Gasteiger partial charge in [0.1, 0.15) is 31.6 Å². The fraction of sp³-hybridized carbons (Fsp3) is 0.654. The molecule has 1 saturated heterocycles. The molecule has 7 nitrogen and oxygen atoms in total. The van der Waals surface area contributed by atoms with E-state index < -0.39 is 0 Å². The molecule has 0 radical (unpaired) electrons. The van der Waals surface area contributed by atoms with Crippen LogP contribution in [0.2, 0.25) is 0 Å². The number of aromatic nitrogens is 3. The van der Waals surface area contributed by atoms with E-state index in [0.29, 0.717) is 5.41 Å². The van der Waals surface area contributed by atoms with E-state index in [1.165, 1.54) is 50.5 Å². The predicted octanol–water partition coefficient (Wildman–Crippen LogP) is 3.40. The molecule has 2 aromatic rings. The van der Waals surface area contributed by atoms with Crippen LogP contribution in [0.4, 0.5) is 0 Å². The molecule has 5 rings (SSSR count). The highest BCUT2D eigenvalue weighted by molar-refractivity contribution is 5.76. The monoisotopic (exact) mass is 451 g/mol. The summed E-state index contributed by atoms with van der Waals surface area (Å²) in [5.41, 5.74) is 1.65. The summed E-state index contributed by atoms with van der Waals surface area (Å²) in [4.78, 5) is 21.5. The Kier molecular flexibility index (Phi) is 6.95. The van der Waals surface area contributed by atoms with Gasteiger partial charge in [-0.25, -0.2) is 9.67 Å². The van der Waals surface area contributed by atoms with Crippen LogP contribution in [0, 0.1) is 11.3 Å². The molecule has 178 valence electrons. The van der Waals surface area contributed by atoms with Gasteiger partial charge in [-0.2, -0.15) is 5.10 Å². The van der Waals surface area contributed by atoms with Gasteiger partial charge in [-0.1, -0.05) is 24.6 Å². The molecule has 3 aliphatic rings. The normalized spacial score (nSPS) is 22.1. The maximum Gasteiger partial charge on any atom is 0.244 e. The van der Waals surface area contributed by atoms with E-state index in [0.717, 1.165) is 63.7 Å². The first-order valence-corrected chi connectivity index (χ1v) is 12.7. The van der Waals surface area contributed by atoms with E-state index in [4.69, 9.17) is 4.74 Å². The number of piperidine rings is 1. The molecule has 2 aliphatic heterocycles. The van der Waals surface area contributed by atoms with Crippen LogP contribution in [0.15, 0.2) is 36.9 Å². The van der Waals surface area contributed by atoms with E-state index in [1.54, 1.807) is 11.0 Å². The number of aryl methyl sites for hydroxylation is 1. The van der Waals surface area contributed by atoms with Gasteiger partial charge >= 0.3 is 0 Å². The summed E-state index contributed by atoms with van der Waals surface area (Å²) in [7, 11) is 0. The molecule has 33 heavy (non-hydrogen) atoms. The van der Waals surface area contributed by atoms with Crippen molar-refractivity contribution in [2.24, 2.45) is 11.3 Å². The number of hydrogen-bond donors (Lipinski definition) is 0. The van der Waals surface area contributed by atoms with Crippen molar-refractivity contribution >= 4 is 5.91 Å². The van der Waals surface area contributed by atoms with Crippen LogP contribution in [-0.2, 0) is 17.8 Å². The van der Waals surface area contributed by atoms with Crippen LogP contribution in [0.5, 0.6) is 5.75 Å². The number of fused-ring (bicyclic) bond motifs is 1. The lowest BCUT2D eigenvalue weighted by molar-refractivity contribution is -0.134. The molecule has 1 aromatic heterocycles. The van der Waals surface area contributed by atoms with Gasteiger partial charge in [-0.15, -0.1) is 0 Å². The molecule has 3 heterocycles. The van der Waals surface area contributed by atoms with Crippen LogP contribution >= 0.6 is 0 Å². The highest BCUT2D eigenvalue weighted by atomic mass is 16.5. The minimum atomic E-state index is 0.156. The summed E-state index contributed by atoms with van der Waals surface area (Å²) in [6.07, 6.45) is 12.8. The van der Waals surface area contributed by atoms with Crippen LogP contribution in [0.1, 0.15) is 50.5 Å². The molecule has 1 amide bonds. The third-order valence-corrected chi connectivity index (χ3v) is 7.75. The summed E-state index contributed by atoms with van der Waals surface area (Å²) in [6.45, 7) is 6.07. The second kappa shape index (κ2) is 10.2. The number of ether oxygens (including phenoxy) is 1. The SMILES string of the molecule is O=C(Cn1cncn1)N1CCC2(CCCCc3ccccc3OCCN(CC3CC3)C2)CC1. The highest BCUT2D eigenvalue weighted by Gasteiger charge is 2.38. The Labute approximate surface area is 197 Å². The number of para-hydroxylation sites is 1. The number of carbonyl (C=O) groups excluding carboxylic acids is 1. The fourth-order valence-electron chi connectivity index (χ4n) is 5.60. The lowest BCUT2D eigenvalue weighted by Gasteiger charge is -2.45. The third-order valence-electron chi connectivity index (χ3n) is 7.75. The average molecular weight is 452 g/mol. The first kappa shape index (κ1) is 22.4. The number of carbonyl (C=O) groups is 1. The zero-order valence-electron chi connectivity index (χ0n) is 19.7. The lowest BCUT2D eigenvalue weighted by atomic mass is 9.73. The Hall–Kier alpha value is -2.41. The maximum absolute atomic E-state index is 12.8. The molecule has 1 aromatic carbocycles. The topological polar surface area (TPSA) is 63.5 Å². The average Bonchev–Trinajstić information content (AvgIpc) is 3.49. The van der Waals surface area contributed by atoms with Gasteiger partial charge in [0.25, 0.3) is 0 Å². The van der Waals surface area contributed by atoms with Crippen molar-refractivity contribution in [1.29, 1.82) is 0 Å². The number of rotatable bonds is 4. The minimum Gasteiger partial charge on any atom is -0.492 e. The van der Waals surface area contributed by atoms with E-state index >= 15 is 0 Å². The molecule has 0 N–H and O–H groups in total. The smallest absolute Gasteiger partial charge is 0.244 e. The number of amides is 1. The molecule has 0 bridgehead atoms. The Morgan fingerprint density at radius 1 is 1.09 bits per heavy atom. The first-order chi connectivity index (χ1) is 16.2. The largest absolute Gasteiger partial charge is 0.492 e. The lowest BCUT2D eigenvalue weighted by Crippen LogP contribution is -2.49. The van der Waals surface area contributed by atoms with Crippen LogP contribution in [-0.4, -0.2) is 69.8 Å². The minimum absolute atomic E-state index is 0.156. The number of nitrogens with zero attached hydrogens (tertiary/aromatic N) is 5. The Balaban J connectivity index is 1.25. The molecular formula is C26H37N5O2. The van der Waals surface area contributed by atoms with Gasteiger partial charge in [0.15, 0.2) is 0 Å². The third kappa shape index (κ3) is 5.94. The van der Waals surface area contributed by atoms with Gasteiger partial charge in [-0.05, 0) is 67.9 Å². The zero-order valence-corrected chi connectivity index (χ0v) is 19.7. The van der Waals surface area contributed by atoms with Gasteiger partial charge in [0.2, 0.25) is 5.91 Å². The van der Waals surface area contributed by atoms with Crippen molar-refractivity contribution in [2.75, 3.05) is 39.3 Å². The van der Waals surface area contributed by atoms with Crippen molar-refractivity contribution in [2.45, 2.75) is 57.9 Å². The van der Waals surface area contributed by atoms with Crippen molar-refractivity contribution in [3.63, 3.8) is 0 Å². The molecule has 0 unspecified atom stereocenters. The predicted molar refractivity (Wildman–Crippen MR) is 127 cm³/mol. The summed E-state index contributed by atoms with van der Waals surface area (Å²) >= 11 is 0. The summed E-state index contributed by atoms with van der Waals surface area (Å²) in [6, 6.07) is 8.55. The van der Waals surface area contributed by atoms with Crippen molar-refractivity contribution < 1.29 is 9.53 Å². The maximum atomic E-state index is 12.8. The van der Waals surface area contributed by atoms with Gasteiger partial charge < -0.3 is 9.64 Å². The second-order valence-corrected chi connectivity index (χ2v) is 10.3. The van der Waals surface area contributed by atoms with Gasteiger partial charge in [0, 0.05) is 32.7 Å².